The van der Waals surface area contributed by atoms with Crippen molar-refractivity contribution in [2.24, 2.45) is 5.92 Å². The molecule has 7 heteroatoms. The van der Waals surface area contributed by atoms with E-state index in [1.54, 1.807) is 19.1 Å². The van der Waals surface area contributed by atoms with E-state index < -0.39 is 11.6 Å². The molecule has 216 valence electrons. The van der Waals surface area contributed by atoms with Gasteiger partial charge in [-0.05, 0) is 107 Å². The van der Waals surface area contributed by atoms with Gasteiger partial charge in [-0.3, -0.25) is 4.79 Å². The van der Waals surface area contributed by atoms with Gasteiger partial charge in [0.2, 0.25) is 0 Å². The first kappa shape index (κ1) is 28.0. The van der Waals surface area contributed by atoms with Crippen LogP contribution in [0.3, 0.4) is 0 Å². The summed E-state index contributed by atoms with van der Waals surface area (Å²) in [6.07, 6.45) is 5.25. The monoisotopic (exact) mass is 576 g/mol. The number of anilines is 1. The highest BCUT2D eigenvalue weighted by atomic mass is 35.5. The predicted molar refractivity (Wildman–Crippen MR) is 161 cm³/mol. The van der Waals surface area contributed by atoms with Gasteiger partial charge < -0.3 is 19.7 Å². The van der Waals surface area contributed by atoms with Crippen molar-refractivity contribution >= 4 is 23.1 Å². The molecule has 0 radical (unpaired) electrons. The van der Waals surface area contributed by atoms with Crippen molar-refractivity contribution in [2.45, 2.75) is 70.6 Å². The summed E-state index contributed by atoms with van der Waals surface area (Å²) in [5, 5.41) is 4.00. The van der Waals surface area contributed by atoms with Gasteiger partial charge in [0, 0.05) is 47.3 Å². The molecule has 0 amide bonds. The van der Waals surface area contributed by atoms with Crippen molar-refractivity contribution < 1.29 is 18.7 Å². The van der Waals surface area contributed by atoms with Gasteiger partial charge >= 0.3 is 0 Å². The van der Waals surface area contributed by atoms with Crippen LogP contribution in [0.15, 0.2) is 54.6 Å². The summed E-state index contributed by atoms with van der Waals surface area (Å²) < 4.78 is 27.3. The molecular formula is C34H38ClFN2O3. The number of likely N-dealkylation sites (tertiary alicyclic amines) is 1. The zero-order valence-corrected chi connectivity index (χ0v) is 24.8. The van der Waals surface area contributed by atoms with Crippen LogP contribution in [-0.4, -0.2) is 36.4 Å². The number of halogens is 2. The molecule has 0 bridgehead atoms. The van der Waals surface area contributed by atoms with E-state index >= 15 is 0 Å². The SMILES string of the molecule is Cc1cc(C(=O)C2CCC2)ccc1NC(C)CN1CCC(c2cccc3c2OC(C)(c2ccc(Cl)cc2F)O3)CC1. The average molecular weight is 577 g/mol. The van der Waals surface area contributed by atoms with Crippen LogP contribution < -0.4 is 14.8 Å². The van der Waals surface area contributed by atoms with Crippen molar-refractivity contribution in [1.82, 2.24) is 4.90 Å². The van der Waals surface area contributed by atoms with E-state index in [1.807, 2.05) is 24.3 Å². The first-order valence-corrected chi connectivity index (χ1v) is 15.2. The van der Waals surface area contributed by atoms with Gasteiger partial charge in [-0.25, -0.2) is 4.39 Å². The minimum atomic E-state index is -1.24. The van der Waals surface area contributed by atoms with Crippen LogP contribution >= 0.6 is 11.6 Å². The number of carbonyl (C=O) groups is 1. The van der Waals surface area contributed by atoms with E-state index in [2.05, 4.69) is 36.2 Å². The van der Waals surface area contributed by atoms with Crippen LogP contribution in [0.2, 0.25) is 5.02 Å². The Kier molecular flexibility index (Phi) is 7.73. The highest BCUT2D eigenvalue weighted by Crippen LogP contribution is 2.49. The number of Topliss-reactive ketones (excluding diaryl/α,β-unsaturated/α-hetero) is 1. The second-order valence-electron chi connectivity index (χ2n) is 12.1. The standard InChI is InChI=1S/C34H38ClFN2O3/c1-21-18-25(32(39)24-6-4-7-24)10-13-30(21)37-22(2)20-38-16-14-23(15-17-38)27-8-5-9-31-33(27)41-34(3,40-31)28-12-11-26(35)19-29(28)36/h5,8-13,18-19,22-24,37H,4,6-7,14-17,20H2,1-3H3. The number of ether oxygens (including phenoxy) is 2. The van der Waals surface area contributed by atoms with Crippen LogP contribution in [0.4, 0.5) is 10.1 Å². The number of rotatable bonds is 8. The fourth-order valence-electron chi connectivity index (χ4n) is 6.45. The Morgan fingerprint density at radius 2 is 1.88 bits per heavy atom. The first-order valence-electron chi connectivity index (χ1n) is 14.8. The number of aryl methyl sites for hydroxylation is 1. The Hall–Kier alpha value is -3.09. The molecule has 1 N–H and O–H groups in total. The highest BCUT2D eigenvalue weighted by Gasteiger charge is 2.43. The van der Waals surface area contributed by atoms with Gasteiger partial charge in [-0.1, -0.05) is 30.2 Å². The van der Waals surface area contributed by atoms with E-state index in [9.17, 15) is 9.18 Å². The number of fused-ring (bicyclic) bond motifs is 1. The Labute approximate surface area is 247 Å². The smallest absolute Gasteiger partial charge is 0.278 e. The van der Waals surface area contributed by atoms with Crippen LogP contribution in [0, 0.1) is 18.7 Å². The molecule has 0 aromatic heterocycles. The van der Waals surface area contributed by atoms with Gasteiger partial charge in [-0.2, -0.15) is 0 Å². The molecule has 3 aromatic rings. The zero-order chi connectivity index (χ0) is 28.7. The molecular weight excluding hydrogens is 539 g/mol. The molecule has 2 unspecified atom stereocenters. The second kappa shape index (κ2) is 11.3. The first-order chi connectivity index (χ1) is 19.7. The van der Waals surface area contributed by atoms with Crippen LogP contribution in [-0.2, 0) is 5.79 Å². The quantitative estimate of drug-likeness (QED) is 0.275. The highest BCUT2D eigenvalue weighted by molar-refractivity contribution is 6.30. The molecule has 41 heavy (non-hydrogen) atoms. The summed E-state index contributed by atoms with van der Waals surface area (Å²) in [6.45, 7) is 8.95. The van der Waals surface area contributed by atoms with Crippen LogP contribution in [0.5, 0.6) is 11.5 Å². The van der Waals surface area contributed by atoms with E-state index in [4.69, 9.17) is 21.1 Å². The summed E-state index contributed by atoms with van der Waals surface area (Å²) in [6, 6.07) is 16.9. The number of benzene rings is 3. The number of hydrogen-bond donors (Lipinski definition) is 1. The Bertz CT molecular complexity index is 1450. The maximum atomic E-state index is 14.8. The zero-order valence-electron chi connectivity index (χ0n) is 24.0. The minimum absolute atomic E-state index is 0.224. The molecule has 1 saturated carbocycles. The molecule has 1 saturated heterocycles. The number of carbonyl (C=O) groups excluding carboxylic acids is 1. The average Bonchev–Trinajstić information content (AvgIpc) is 3.26. The molecule has 3 aliphatic rings. The van der Waals surface area contributed by atoms with Gasteiger partial charge in [-0.15, -0.1) is 0 Å². The number of ketones is 1. The predicted octanol–water partition coefficient (Wildman–Crippen LogP) is 8.09. The molecule has 5 nitrogen and oxygen atoms in total. The minimum Gasteiger partial charge on any atom is -0.444 e. The molecule has 1 aliphatic carbocycles. The summed E-state index contributed by atoms with van der Waals surface area (Å²) in [5.74, 6) is 0.539. The van der Waals surface area contributed by atoms with Gasteiger partial charge in [0.05, 0.1) is 5.56 Å². The summed E-state index contributed by atoms with van der Waals surface area (Å²) in [5.41, 5.74) is 4.50. The van der Waals surface area contributed by atoms with Crippen molar-refractivity contribution in [2.75, 3.05) is 25.0 Å². The molecule has 2 heterocycles. The number of nitrogens with zero attached hydrogens (tertiary/aromatic N) is 1. The fourth-order valence-corrected chi connectivity index (χ4v) is 6.61. The molecule has 2 fully saturated rings. The lowest BCUT2D eigenvalue weighted by Crippen LogP contribution is -2.40. The van der Waals surface area contributed by atoms with Crippen molar-refractivity contribution in [3.8, 4) is 11.5 Å². The lowest BCUT2D eigenvalue weighted by Gasteiger charge is -2.34. The number of para-hydroxylation sites is 1. The third-order valence-corrected chi connectivity index (χ3v) is 9.21. The molecule has 6 rings (SSSR count). The van der Waals surface area contributed by atoms with Crippen LogP contribution in [0.1, 0.15) is 78.9 Å². The van der Waals surface area contributed by atoms with E-state index in [-0.39, 0.29) is 12.0 Å². The fraction of sp³-hybridized carbons (Fsp3) is 0.441. The Morgan fingerprint density at radius 3 is 2.56 bits per heavy atom. The van der Waals surface area contributed by atoms with E-state index in [1.165, 1.54) is 12.5 Å². The maximum Gasteiger partial charge on any atom is 0.278 e. The second-order valence-corrected chi connectivity index (χ2v) is 12.5. The van der Waals surface area contributed by atoms with Crippen molar-refractivity contribution in [1.29, 1.82) is 0 Å². The van der Waals surface area contributed by atoms with Crippen LogP contribution in [0.25, 0.3) is 0 Å². The van der Waals surface area contributed by atoms with Crippen molar-refractivity contribution in [3.05, 3.63) is 87.7 Å². The van der Waals surface area contributed by atoms with Crippen molar-refractivity contribution in [3.63, 3.8) is 0 Å². The Morgan fingerprint density at radius 1 is 1.10 bits per heavy atom. The van der Waals surface area contributed by atoms with E-state index in [0.29, 0.717) is 33.8 Å². The topological polar surface area (TPSA) is 50.8 Å². The third-order valence-electron chi connectivity index (χ3n) is 8.98. The maximum absolute atomic E-state index is 14.8. The number of nitrogens with one attached hydrogen (secondary N) is 1. The lowest BCUT2D eigenvalue weighted by atomic mass is 9.80. The number of piperidine rings is 1. The van der Waals surface area contributed by atoms with Gasteiger partial charge in [0.1, 0.15) is 5.82 Å². The normalized spacial score (nSPS) is 21.9. The van der Waals surface area contributed by atoms with E-state index in [0.717, 1.165) is 67.7 Å². The summed E-state index contributed by atoms with van der Waals surface area (Å²) in [4.78, 5) is 15.1. The molecule has 0 spiro atoms. The lowest BCUT2D eigenvalue weighted by molar-refractivity contribution is -0.0712. The van der Waals surface area contributed by atoms with Gasteiger partial charge in [0.25, 0.3) is 5.79 Å². The Balaban J connectivity index is 1.05. The largest absolute Gasteiger partial charge is 0.444 e. The molecule has 2 aliphatic heterocycles. The summed E-state index contributed by atoms with van der Waals surface area (Å²) >= 11 is 5.97. The molecule has 3 aromatic carbocycles. The third kappa shape index (κ3) is 5.69. The number of hydrogen-bond acceptors (Lipinski definition) is 5. The van der Waals surface area contributed by atoms with Gasteiger partial charge in [0.15, 0.2) is 17.3 Å². The molecule has 2 atom stereocenters. The summed E-state index contributed by atoms with van der Waals surface area (Å²) in [7, 11) is 0.